The molecule has 0 aliphatic rings. The van der Waals surface area contributed by atoms with Crippen LogP contribution in [0, 0.1) is 0 Å². The zero-order valence-electron chi connectivity index (χ0n) is 10.7. The quantitative estimate of drug-likeness (QED) is 0.835. The van der Waals surface area contributed by atoms with Crippen molar-refractivity contribution in [3.05, 3.63) is 48.5 Å². The Morgan fingerprint density at radius 3 is 2.35 bits per heavy atom. The molecule has 6 nitrogen and oxygen atoms in total. The monoisotopic (exact) mass is 293 g/mol. The highest BCUT2D eigenvalue weighted by Gasteiger charge is 2.14. The van der Waals surface area contributed by atoms with E-state index in [1.54, 1.807) is 24.3 Å². The third kappa shape index (κ3) is 3.75. The van der Waals surface area contributed by atoms with Gasteiger partial charge in [-0.25, -0.2) is 18.4 Å². The molecular formula is C13H15N3O3S. The molecule has 0 spiro atoms. The fourth-order valence-corrected chi connectivity index (χ4v) is 2.71. The Labute approximate surface area is 117 Å². The molecule has 1 aromatic heterocycles. The van der Waals surface area contributed by atoms with E-state index >= 15 is 0 Å². The van der Waals surface area contributed by atoms with Crippen LogP contribution in [0.5, 0.6) is 0 Å². The molecule has 0 unspecified atom stereocenters. The molecule has 0 saturated carbocycles. The summed E-state index contributed by atoms with van der Waals surface area (Å²) in [6, 6.07) is 6.56. The lowest BCUT2D eigenvalue weighted by molar-refractivity contribution is 0.288. The first-order valence-corrected chi connectivity index (χ1v) is 7.58. The zero-order valence-corrected chi connectivity index (χ0v) is 11.5. The van der Waals surface area contributed by atoms with Crippen molar-refractivity contribution in [2.45, 2.75) is 17.7 Å². The predicted molar refractivity (Wildman–Crippen MR) is 74.7 cm³/mol. The maximum Gasteiger partial charge on any atom is 0.261 e. The maximum absolute atomic E-state index is 12.1. The fourth-order valence-electron chi connectivity index (χ4n) is 1.68. The summed E-state index contributed by atoms with van der Waals surface area (Å²) in [5.41, 5.74) is 1.30. The van der Waals surface area contributed by atoms with E-state index in [0.29, 0.717) is 12.1 Å². The molecule has 7 heteroatoms. The summed E-state index contributed by atoms with van der Waals surface area (Å²) in [5, 5.41) is 8.76. The van der Waals surface area contributed by atoms with E-state index < -0.39 is 10.0 Å². The lowest BCUT2D eigenvalue weighted by atomic mass is 10.1. The minimum absolute atomic E-state index is 0.121. The van der Waals surface area contributed by atoms with Crippen LogP contribution in [0.25, 0.3) is 0 Å². The second kappa shape index (κ2) is 6.44. The zero-order chi connectivity index (χ0) is 14.4. The Morgan fingerprint density at radius 2 is 1.75 bits per heavy atom. The number of sulfonamides is 1. The molecular weight excluding hydrogens is 278 g/mol. The van der Waals surface area contributed by atoms with Crippen molar-refractivity contribution in [1.82, 2.24) is 9.97 Å². The molecule has 0 radical (unpaired) electrons. The molecule has 2 rings (SSSR count). The fraction of sp³-hybridized carbons (Fsp3) is 0.231. The Bertz CT molecular complexity index is 642. The van der Waals surface area contributed by atoms with E-state index in [1.165, 1.54) is 18.7 Å². The third-order valence-electron chi connectivity index (χ3n) is 2.67. The van der Waals surface area contributed by atoms with Gasteiger partial charge in [0.1, 0.15) is 6.33 Å². The Hall–Kier alpha value is -1.99. The van der Waals surface area contributed by atoms with E-state index in [-0.39, 0.29) is 11.5 Å². The summed E-state index contributed by atoms with van der Waals surface area (Å²) in [6.07, 6.45) is 5.48. The number of benzene rings is 1. The van der Waals surface area contributed by atoms with Crippen LogP contribution in [0.2, 0.25) is 0 Å². The highest BCUT2D eigenvalue weighted by molar-refractivity contribution is 7.92. The number of aromatic nitrogens is 2. The summed E-state index contributed by atoms with van der Waals surface area (Å²) in [5.74, 6) is 0. The lowest BCUT2D eigenvalue weighted by Crippen LogP contribution is -2.13. The van der Waals surface area contributed by atoms with E-state index in [9.17, 15) is 8.42 Å². The van der Waals surface area contributed by atoms with Gasteiger partial charge in [0.25, 0.3) is 10.0 Å². The first-order chi connectivity index (χ1) is 9.62. The van der Waals surface area contributed by atoms with Crippen LogP contribution in [0.3, 0.4) is 0 Å². The van der Waals surface area contributed by atoms with Crippen LogP contribution in [0.4, 0.5) is 5.69 Å². The van der Waals surface area contributed by atoms with E-state index in [2.05, 4.69) is 14.7 Å². The Balaban J connectivity index is 2.13. The Morgan fingerprint density at radius 1 is 1.10 bits per heavy atom. The van der Waals surface area contributed by atoms with Crippen molar-refractivity contribution in [3.63, 3.8) is 0 Å². The summed E-state index contributed by atoms with van der Waals surface area (Å²) < 4.78 is 26.6. The number of hydrogen-bond donors (Lipinski definition) is 2. The van der Waals surface area contributed by atoms with Gasteiger partial charge in [0, 0.05) is 6.61 Å². The second-order valence-electron chi connectivity index (χ2n) is 4.20. The molecule has 0 aliphatic heterocycles. The van der Waals surface area contributed by atoms with Gasteiger partial charge in [-0.2, -0.15) is 0 Å². The van der Waals surface area contributed by atoms with Gasteiger partial charge in [-0.3, -0.25) is 4.72 Å². The van der Waals surface area contributed by atoms with Crippen LogP contribution < -0.4 is 4.72 Å². The number of aryl methyl sites for hydroxylation is 1. The van der Waals surface area contributed by atoms with Crippen molar-refractivity contribution in [2.75, 3.05) is 11.3 Å². The van der Waals surface area contributed by atoms with Crippen LogP contribution in [0.15, 0.2) is 47.9 Å². The molecule has 1 heterocycles. The minimum atomic E-state index is -3.63. The molecule has 0 fully saturated rings. The second-order valence-corrected chi connectivity index (χ2v) is 5.89. The number of aliphatic hydroxyl groups excluding tert-OH is 1. The molecule has 0 bridgehead atoms. The molecule has 0 saturated heterocycles. The average molecular weight is 293 g/mol. The highest BCUT2D eigenvalue weighted by Crippen LogP contribution is 2.15. The number of anilines is 1. The number of rotatable bonds is 6. The first kappa shape index (κ1) is 14.4. The number of hydrogen-bond acceptors (Lipinski definition) is 5. The lowest BCUT2D eigenvalue weighted by Gasteiger charge is -2.08. The average Bonchev–Trinajstić information content (AvgIpc) is 2.46. The van der Waals surface area contributed by atoms with E-state index in [0.717, 1.165) is 12.0 Å². The summed E-state index contributed by atoms with van der Waals surface area (Å²) in [7, 11) is -3.63. The van der Waals surface area contributed by atoms with Crippen molar-refractivity contribution >= 4 is 15.7 Å². The molecule has 2 N–H and O–H groups in total. The van der Waals surface area contributed by atoms with Gasteiger partial charge in [0.05, 0.1) is 23.0 Å². The van der Waals surface area contributed by atoms with Gasteiger partial charge >= 0.3 is 0 Å². The maximum atomic E-state index is 12.1. The standard InChI is InChI=1S/C13H15N3O3S/c17-7-1-2-11-3-5-13(6-4-11)20(18,19)16-12-8-14-10-15-9-12/h3-6,8-10,16-17H,1-2,7H2. The normalized spacial score (nSPS) is 11.2. The van der Waals surface area contributed by atoms with Crippen LogP contribution in [-0.2, 0) is 16.4 Å². The highest BCUT2D eigenvalue weighted by atomic mass is 32.2. The smallest absolute Gasteiger partial charge is 0.261 e. The number of nitrogens with one attached hydrogen (secondary N) is 1. The summed E-state index contributed by atoms with van der Waals surface area (Å²) >= 11 is 0. The SMILES string of the molecule is O=S(=O)(Nc1cncnc1)c1ccc(CCCO)cc1. The van der Waals surface area contributed by atoms with Gasteiger partial charge in [0.15, 0.2) is 0 Å². The largest absolute Gasteiger partial charge is 0.396 e. The molecule has 0 atom stereocenters. The van der Waals surface area contributed by atoms with E-state index in [4.69, 9.17) is 5.11 Å². The predicted octanol–water partition coefficient (Wildman–Crippen LogP) is 1.20. The molecule has 2 aromatic rings. The van der Waals surface area contributed by atoms with Gasteiger partial charge in [-0.15, -0.1) is 0 Å². The van der Waals surface area contributed by atoms with Gasteiger partial charge in [0.2, 0.25) is 0 Å². The molecule has 0 amide bonds. The Kier molecular flexibility index (Phi) is 4.65. The molecule has 0 aliphatic carbocycles. The van der Waals surface area contributed by atoms with Crippen molar-refractivity contribution in [3.8, 4) is 0 Å². The van der Waals surface area contributed by atoms with Crippen molar-refractivity contribution in [2.24, 2.45) is 0 Å². The third-order valence-corrected chi connectivity index (χ3v) is 4.07. The van der Waals surface area contributed by atoms with Gasteiger partial charge in [-0.1, -0.05) is 12.1 Å². The first-order valence-electron chi connectivity index (χ1n) is 6.09. The van der Waals surface area contributed by atoms with Gasteiger partial charge in [-0.05, 0) is 30.5 Å². The molecule has 1 aromatic carbocycles. The molecule has 106 valence electrons. The molecule has 20 heavy (non-hydrogen) atoms. The van der Waals surface area contributed by atoms with Crippen LogP contribution in [0.1, 0.15) is 12.0 Å². The number of nitrogens with zero attached hydrogens (tertiary/aromatic N) is 2. The topological polar surface area (TPSA) is 92.2 Å². The summed E-state index contributed by atoms with van der Waals surface area (Å²) in [4.78, 5) is 7.67. The van der Waals surface area contributed by atoms with Gasteiger partial charge < -0.3 is 5.11 Å². The minimum Gasteiger partial charge on any atom is -0.396 e. The van der Waals surface area contributed by atoms with E-state index in [1.807, 2.05) is 0 Å². The number of aliphatic hydroxyl groups is 1. The summed E-state index contributed by atoms with van der Waals surface area (Å²) in [6.45, 7) is 0.121. The van der Waals surface area contributed by atoms with Crippen LogP contribution in [-0.4, -0.2) is 30.1 Å². The van der Waals surface area contributed by atoms with Crippen molar-refractivity contribution < 1.29 is 13.5 Å². The van der Waals surface area contributed by atoms with Crippen molar-refractivity contribution in [1.29, 1.82) is 0 Å². The van der Waals surface area contributed by atoms with Crippen LogP contribution >= 0.6 is 0 Å².